The number of carbonyl (C=O) groups is 1. The Hall–Kier alpha value is -1.25. The lowest BCUT2D eigenvalue weighted by molar-refractivity contribution is -0.150. The first-order valence-electron chi connectivity index (χ1n) is 6.43. The zero-order valence-corrected chi connectivity index (χ0v) is 12.4. The van der Waals surface area contributed by atoms with Gasteiger partial charge in [0.15, 0.2) is 0 Å². The minimum Gasteiger partial charge on any atom is -0.457 e. The van der Waals surface area contributed by atoms with E-state index < -0.39 is 5.60 Å². The Morgan fingerprint density at radius 3 is 2.39 bits per heavy atom. The quantitative estimate of drug-likeness (QED) is 0.704. The molecule has 1 heterocycles. The zero-order chi connectivity index (χ0) is 14.0. The molecule has 0 amide bonds. The Bertz CT molecular complexity index is 367. The summed E-state index contributed by atoms with van der Waals surface area (Å²) in [5, 5.41) is 0. The van der Waals surface area contributed by atoms with Crippen molar-refractivity contribution in [2.24, 2.45) is 5.41 Å². The Balaban J connectivity index is 2.70. The van der Waals surface area contributed by atoms with Gasteiger partial charge in [-0.1, -0.05) is 26.8 Å². The van der Waals surface area contributed by atoms with Gasteiger partial charge >= 0.3 is 5.97 Å². The molecule has 0 N–H and O–H groups in total. The lowest BCUT2D eigenvalue weighted by Crippen LogP contribution is -2.29. The maximum atomic E-state index is 12.0. The van der Waals surface area contributed by atoms with E-state index >= 15 is 0 Å². The van der Waals surface area contributed by atoms with Crippen molar-refractivity contribution in [3.8, 4) is 0 Å². The van der Waals surface area contributed by atoms with E-state index in [1.807, 2.05) is 39.2 Å². The molecule has 0 unspecified atom stereocenters. The van der Waals surface area contributed by atoms with Crippen LogP contribution in [0.3, 0.4) is 0 Å². The van der Waals surface area contributed by atoms with Crippen molar-refractivity contribution in [2.45, 2.75) is 53.6 Å². The number of allylic oxidation sites excluding steroid dienone is 1. The average Bonchev–Trinajstić information content (AvgIpc) is 2.12. The molecule has 0 saturated heterocycles. The minimum atomic E-state index is -0.437. The summed E-state index contributed by atoms with van der Waals surface area (Å²) in [4.78, 5) is 14.0. The molecular weight excluding hydrogens is 226 g/mol. The van der Waals surface area contributed by atoms with Gasteiger partial charge in [0.05, 0.1) is 5.57 Å². The molecule has 1 aliphatic heterocycles. The largest absolute Gasteiger partial charge is 0.457 e. The number of nitrogens with zero attached hydrogens (tertiary/aromatic N) is 1. The molecule has 102 valence electrons. The summed E-state index contributed by atoms with van der Waals surface area (Å²) in [5.41, 5.74) is 0.474. The van der Waals surface area contributed by atoms with Gasteiger partial charge in [0.1, 0.15) is 5.60 Å². The highest BCUT2D eigenvalue weighted by Gasteiger charge is 2.22. The standard InChI is InChI=1S/C15H25NO2/c1-14(2,3)11-16-9-7-8-12(10-16)13(17)18-15(4,5)6/h7,9-10H,8,11H2,1-6H3. The van der Waals surface area contributed by atoms with E-state index in [9.17, 15) is 4.79 Å². The van der Waals surface area contributed by atoms with Crippen LogP contribution in [0, 0.1) is 5.41 Å². The first kappa shape index (κ1) is 14.8. The van der Waals surface area contributed by atoms with Crippen molar-refractivity contribution >= 4 is 5.97 Å². The Kier molecular flexibility index (Phi) is 4.25. The van der Waals surface area contributed by atoms with Gasteiger partial charge in [-0.3, -0.25) is 0 Å². The van der Waals surface area contributed by atoms with Gasteiger partial charge in [0, 0.05) is 19.2 Å². The third-order valence-corrected chi connectivity index (χ3v) is 2.27. The molecule has 0 radical (unpaired) electrons. The van der Waals surface area contributed by atoms with E-state index in [4.69, 9.17) is 4.74 Å². The summed E-state index contributed by atoms with van der Waals surface area (Å²) in [6, 6.07) is 0. The monoisotopic (exact) mass is 251 g/mol. The highest BCUT2D eigenvalue weighted by molar-refractivity contribution is 5.89. The minimum absolute atomic E-state index is 0.192. The third-order valence-electron chi connectivity index (χ3n) is 2.27. The predicted octanol–water partition coefficient (Wildman–Crippen LogP) is 3.48. The van der Waals surface area contributed by atoms with Gasteiger partial charge in [-0.05, 0) is 32.4 Å². The topological polar surface area (TPSA) is 29.5 Å². The lowest BCUT2D eigenvalue weighted by atomic mass is 9.96. The molecule has 0 saturated carbocycles. The predicted molar refractivity (Wildman–Crippen MR) is 73.8 cm³/mol. The number of ether oxygens (including phenoxy) is 1. The molecule has 0 atom stereocenters. The first-order valence-corrected chi connectivity index (χ1v) is 6.43. The van der Waals surface area contributed by atoms with Crippen LogP contribution in [0.5, 0.6) is 0 Å². The molecule has 0 fully saturated rings. The van der Waals surface area contributed by atoms with Crippen LogP contribution in [0.4, 0.5) is 0 Å². The van der Waals surface area contributed by atoms with E-state index in [-0.39, 0.29) is 11.4 Å². The van der Waals surface area contributed by atoms with Crippen LogP contribution in [0.25, 0.3) is 0 Å². The van der Waals surface area contributed by atoms with Crippen LogP contribution in [0.2, 0.25) is 0 Å². The van der Waals surface area contributed by atoms with Gasteiger partial charge in [-0.2, -0.15) is 0 Å². The molecule has 0 aromatic heterocycles. The summed E-state index contributed by atoms with van der Waals surface area (Å²) < 4.78 is 5.39. The fraction of sp³-hybridized carbons (Fsp3) is 0.667. The summed E-state index contributed by atoms with van der Waals surface area (Å²) in [6.45, 7) is 13.1. The van der Waals surface area contributed by atoms with Gasteiger partial charge in [-0.15, -0.1) is 0 Å². The Labute approximate surface area is 110 Å². The van der Waals surface area contributed by atoms with Crippen LogP contribution in [0.1, 0.15) is 48.0 Å². The van der Waals surface area contributed by atoms with Crippen molar-refractivity contribution < 1.29 is 9.53 Å². The number of carbonyl (C=O) groups excluding carboxylic acids is 1. The lowest BCUT2D eigenvalue weighted by Gasteiger charge is -2.29. The summed E-state index contributed by atoms with van der Waals surface area (Å²) in [7, 11) is 0. The van der Waals surface area contributed by atoms with Crippen LogP contribution in [-0.4, -0.2) is 23.0 Å². The number of esters is 1. The van der Waals surface area contributed by atoms with Gasteiger partial charge < -0.3 is 9.64 Å². The van der Waals surface area contributed by atoms with Crippen molar-refractivity contribution in [2.75, 3.05) is 6.54 Å². The smallest absolute Gasteiger partial charge is 0.336 e. The van der Waals surface area contributed by atoms with Crippen molar-refractivity contribution in [3.05, 3.63) is 24.0 Å². The number of hydrogen-bond donors (Lipinski definition) is 0. The van der Waals surface area contributed by atoms with Crippen molar-refractivity contribution in [3.63, 3.8) is 0 Å². The molecule has 0 aromatic carbocycles. The average molecular weight is 251 g/mol. The summed E-state index contributed by atoms with van der Waals surface area (Å²) in [5.74, 6) is -0.217. The van der Waals surface area contributed by atoms with E-state index in [2.05, 4.69) is 25.7 Å². The highest BCUT2D eigenvalue weighted by atomic mass is 16.6. The molecule has 0 spiro atoms. The second-order valence-electron chi connectivity index (χ2n) is 6.98. The third kappa shape index (κ3) is 5.39. The summed E-state index contributed by atoms with van der Waals surface area (Å²) in [6.07, 6.45) is 6.58. The number of rotatable bonds is 2. The first-order chi connectivity index (χ1) is 8.07. The Morgan fingerprint density at radius 2 is 1.89 bits per heavy atom. The molecule has 0 bridgehead atoms. The number of hydrogen-bond acceptors (Lipinski definition) is 3. The highest BCUT2D eigenvalue weighted by Crippen LogP contribution is 2.21. The van der Waals surface area contributed by atoms with Crippen LogP contribution in [-0.2, 0) is 9.53 Å². The SMILES string of the molecule is CC(C)(C)CN1C=CCC(C(=O)OC(C)(C)C)=C1. The fourth-order valence-corrected chi connectivity index (χ4v) is 1.74. The van der Waals surface area contributed by atoms with E-state index in [0.29, 0.717) is 6.42 Å². The molecule has 0 aromatic rings. The normalized spacial score (nSPS) is 16.6. The molecule has 18 heavy (non-hydrogen) atoms. The van der Waals surface area contributed by atoms with Gasteiger partial charge in [-0.25, -0.2) is 4.79 Å². The van der Waals surface area contributed by atoms with Crippen LogP contribution in [0.15, 0.2) is 24.0 Å². The Morgan fingerprint density at radius 1 is 1.28 bits per heavy atom. The van der Waals surface area contributed by atoms with Gasteiger partial charge in [0.25, 0.3) is 0 Å². The molecule has 3 nitrogen and oxygen atoms in total. The van der Waals surface area contributed by atoms with E-state index in [1.54, 1.807) is 0 Å². The van der Waals surface area contributed by atoms with Crippen molar-refractivity contribution in [1.29, 1.82) is 0 Å². The maximum Gasteiger partial charge on any atom is 0.336 e. The van der Waals surface area contributed by atoms with Gasteiger partial charge in [0.2, 0.25) is 0 Å². The van der Waals surface area contributed by atoms with Crippen molar-refractivity contribution in [1.82, 2.24) is 4.90 Å². The fourth-order valence-electron chi connectivity index (χ4n) is 1.74. The molecule has 1 rings (SSSR count). The molecule has 0 aliphatic carbocycles. The van der Waals surface area contributed by atoms with Crippen LogP contribution < -0.4 is 0 Å². The summed E-state index contributed by atoms with van der Waals surface area (Å²) >= 11 is 0. The van der Waals surface area contributed by atoms with E-state index in [0.717, 1.165) is 12.1 Å². The second-order valence-corrected chi connectivity index (χ2v) is 6.98. The van der Waals surface area contributed by atoms with E-state index in [1.165, 1.54) is 0 Å². The molecular formula is C15H25NO2. The second kappa shape index (κ2) is 5.17. The zero-order valence-electron chi connectivity index (χ0n) is 12.4. The maximum absolute atomic E-state index is 12.0. The van der Waals surface area contributed by atoms with Crippen LogP contribution >= 0.6 is 0 Å². The molecule has 1 aliphatic rings. The molecule has 3 heteroatoms.